The molecule has 3 unspecified atom stereocenters. The maximum atomic E-state index is 14.0. The number of nitrogens with two attached hydrogens (primary N) is 1. The van der Waals surface area contributed by atoms with E-state index in [0.717, 1.165) is 11.6 Å². The number of rotatable bonds is 11. The van der Waals surface area contributed by atoms with Crippen molar-refractivity contribution in [2.75, 3.05) is 19.3 Å². The van der Waals surface area contributed by atoms with E-state index in [4.69, 9.17) is 10.5 Å². The average molecular weight is 568 g/mol. The predicted molar refractivity (Wildman–Crippen MR) is 140 cm³/mol. The summed E-state index contributed by atoms with van der Waals surface area (Å²) < 4.78 is 46.2. The quantitative estimate of drug-likeness (QED) is 0.400. The van der Waals surface area contributed by atoms with Gasteiger partial charge in [0.2, 0.25) is 5.91 Å². The van der Waals surface area contributed by atoms with Crippen LogP contribution in [0.4, 0.5) is 13.2 Å². The molecule has 39 heavy (non-hydrogen) atoms. The number of ether oxygens (including phenoxy) is 1. The number of hydrogen-bond acceptors (Lipinski definition) is 6. The van der Waals surface area contributed by atoms with Crippen molar-refractivity contribution in [2.45, 2.75) is 50.8 Å². The summed E-state index contributed by atoms with van der Waals surface area (Å²) in [6.45, 7) is 4.10. The Bertz CT molecular complexity index is 1200. The molecule has 2 aromatic rings. The minimum absolute atomic E-state index is 0.128. The number of amides is 2. The fraction of sp³-hybridized carbons (Fsp3) is 0.444. The topological polar surface area (TPSA) is 113 Å². The van der Waals surface area contributed by atoms with Crippen molar-refractivity contribution in [1.29, 1.82) is 0 Å². The Morgan fingerprint density at radius 3 is 2.38 bits per heavy atom. The second-order valence-corrected chi connectivity index (χ2v) is 11.0. The number of benzene rings is 2. The average Bonchev–Trinajstić information content (AvgIpc) is 3.36. The standard InChI is InChI=1S/C27H32F3N3O5S/c1-15(2)24(27(36)37)38-19-6-4-16(5-7-19)14-32(3)25(35)26-33(8-9-39-26)23(34)12-18(31)10-17-11-21(29)22(30)13-20(17)28/h4-7,11,13,15,18,24,26H,8-10,12,14,31H2,1-3H3,(H,36,37). The van der Waals surface area contributed by atoms with Crippen LogP contribution in [0.15, 0.2) is 36.4 Å². The Hall–Kier alpha value is -3.25. The van der Waals surface area contributed by atoms with Crippen molar-refractivity contribution >= 4 is 29.5 Å². The first-order chi connectivity index (χ1) is 18.4. The smallest absolute Gasteiger partial charge is 0.345 e. The third-order valence-corrected chi connectivity index (χ3v) is 7.45. The summed E-state index contributed by atoms with van der Waals surface area (Å²) in [4.78, 5) is 40.4. The first kappa shape index (κ1) is 30.3. The van der Waals surface area contributed by atoms with Gasteiger partial charge in [-0.2, -0.15) is 0 Å². The van der Waals surface area contributed by atoms with E-state index in [2.05, 4.69) is 0 Å². The zero-order valence-electron chi connectivity index (χ0n) is 21.9. The lowest BCUT2D eigenvalue weighted by molar-refractivity contribution is -0.147. The number of carbonyl (C=O) groups excluding carboxylic acids is 2. The summed E-state index contributed by atoms with van der Waals surface area (Å²) in [5.41, 5.74) is 6.67. The molecule has 0 aliphatic carbocycles. The number of hydrogen-bond donors (Lipinski definition) is 2. The second kappa shape index (κ2) is 13.2. The third-order valence-electron chi connectivity index (χ3n) is 6.26. The van der Waals surface area contributed by atoms with Crippen molar-refractivity contribution in [1.82, 2.24) is 9.80 Å². The minimum atomic E-state index is -1.30. The van der Waals surface area contributed by atoms with Crippen LogP contribution in [-0.2, 0) is 27.3 Å². The van der Waals surface area contributed by atoms with Crippen molar-refractivity contribution < 1.29 is 37.4 Å². The molecule has 0 spiro atoms. The van der Waals surface area contributed by atoms with Crippen LogP contribution in [0, 0.1) is 23.4 Å². The Morgan fingerprint density at radius 1 is 1.13 bits per heavy atom. The first-order valence-electron chi connectivity index (χ1n) is 12.4. The summed E-state index contributed by atoms with van der Waals surface area (Å²) in [7, 11) is 1.62. The largest absolute Gasteiger partial charge is 0.478 e. The predicted octanol–water partition coefficient (Wildman–Crippen LogP) is 3.41. The molecule has 2 amide bonds. The van der Waals surface area contributed by atoms with E-state index < -0.39 is 40.9 Å². The van der Waals surface area contributed by atoms with Gasteiger partial charge in [0, 0.05) is 50.3 Å². The molecule has 0 bridgehead atoms. The summed E-state index contributed by atoms with van der Waals surface area (Å²) in [5.74, 6) is -4.43. The van der Waals surface area contributed by atoms with Crippen LogP contribution in [0.2, 0.25) is 0 Å². The van der Waals surface area contributed by atoms with E-state index in [9.17, 15) is 32.7 Å². The van der Waals surface area contributed by atoms with Crippen LogP contribution in [0.3, 0.4) is 0 Å². The Labute approximate surface area is 229 Å². The Balaban J connectivity index is 1.57. The van der Waals surface area contributed by atoms with Gasteiger partial charge in [0.15, 0.2) is 23.1 Å². The zero-order chi connectivity index (χ0) is 28.9. The molecule has 1 aliphatic rings. The highest BCUT2D eigenvalue weighted by atomic mass is 32.2. The molecule has 1 heterocycles. The lowest BCUT2D eigenvalue weighted by Crippen LogP contribution is -2.46. The highest BCUT2D eigenvalue weighted by Crippen LogP contribution is 2.27. The van der Waals surface area contributed by atoms with Gasteiger partial charge >= 0.3 is 5.97 Å². The van der Waals surface area contributed by atoms with Gasteiger partial charge in [-0.05, 0) is 35.7 Å². The lowest BCUT2D eigenvalue weighted by Gasteiger charge is -2.28. The van der Waals surface area contributed by atoms with Crippen LogP contribution in [0.5, 0.6) is 5.75 Å². The van der Waals surface area contributed by atoms with E-state index in [1.807, 2.05) is 0 Å². The Morgan fingerprint density at radius 2 is 1.77 bits per heavy atom. The molecule has 3 N–H and O–H groups in total. The number of aliphatic carboxylic acids is 1. The lowest BCUT2D eigenvalue weighted by atomic mass is 10.0. The number of thioether (sulfide) groups is 1. The van der Waals surface area contributed by atoms with Crippen molar-refractivity contribution in [3.8, 4) is 5.75 Å². The van der Waals surface area contributed by atoms with Crippen LogP contribution in [0.1, 0.15) is 31.4 Å². The molecule has 0 aromatic heterocycles. The molecule has 3 rings (SSSR count). The number of carbonyl (C=O) groups is 3. The van der Waals surface area contributed by atoms with E-state index in [0.29, 0.717) is 24.1 Å². The molecule has 1 aliphatic heterocycles. The first-order valence-corrected chi connectivity index (χ1v) is 13.5. The van der Waals surface area contributed by atoms with E-state index in [1.54, 1.807) is 45.2 Å². The van der Waals surface area contributed by atoms with Gasteiger partial charge in [-0.1, -0.05) is 26.0 Å². The molecule has 1 fully saturated rings. The van der Waals surface area contributed by atoms with Crippen LogP contribution in [-0.4, -0.2) is 69.6 Å². The van der Waals surface area contributed by atoms with E-state index >= 15 is 0 Å². The number of carboxylic acids is 1. The molecule has 212 valence electrons. The van der Waals surface area contributed by atoms with Gasteiger partial charge in [0.25, 0.3) is 5.91 Å². The molecule has 2 aromatic carbocycles. The normalized spacial score (nSPS) is 16.7. The van der Waals surface area contributed by atoms with Gasteiger partial charge < -0.3 is 25.4 Å². The van der Waals surface area contributed by atoms with Gasteiger partial charge in [-0.15, -0.1) is 11.8 Å². The molecular weight excluding hydrogens is 535 g/mol. The third kappa shape index (κ3) is 7.89. The molecular formula is C27H32F3N3O5S. The van der Waals surface area contributed by atoms with Crippen molar-refractivity contribution in [3.63, 3.8) is 0 Å². The van der Waals surface area contributed by atoms with E-state index in [-0.39, 0.29) is 42.7 Å². The number of carboxylic acid groups (broad SMARTS) is 1. The summed E-state index contributed by atoms with van der Waals surface area (Å²) in [6.07, 6.45) is -1.34. The summed E-state index contributed by atoms with van der Waals surface area (Å²) >= 11 is 1.32. The number of halogens is 3. The molecule has 3 atom stereocenters. The van der Waals surface area contributed by atoms with Crippen LogP contribution < -0.4 is 10.5 Å². The van der Waals surface area contributed by atoms with Gasteiger partial charge in [-0.3, -0.25) is 9.59 Å². The SMILES string of the molecule is CC(C)C(Oc1ccc(CN(C)C(=O)C2SCCN2C(=O)CC(N)Cc2cc(F)c(F)cc2F)cc1)C(=O)O. The van der Waals surface area contributed by atoms with Crippen molar-refractivity contribution in [2.24, 2.45) is 11.7 Å². The highest BCUT2D eigenvalue weighted by molar-refractivity contribution is 8.00. The minimum Gasteiger partial charge on any atom is -0.478 e. The van der Waals surface area contributed by atoms with Gasteiger partial charge in [-0.25, -0.2) is 18.0 Å². The fourth-order valence-corrected chi connectivity index (χ4v) is 5.43. The highest BCUT2D eigenvalue weighted by Gasteiger charge is 2.37. The maximum absolute atomic E-state index is 14.0. The monoisotopic (exact) mass is 567 g/mol. The number of likely N-dealkylation sites (N-methyl/N-ethyl adjacent to an activating group) is 1. The molecule has 0 saturated carbocycles. The van der Waals surface area contributed by atoms with Crippen molar-refractivity contribution in [3.05, 3.63) is 65.0 Å². The van der Waals surface area contributed by atoms with Gasteiger partial charge in [0.05, 0.1) is 0 Å². The summed E-state index contributed by atoms with van der Waals surface area (Å²) in [5, 5.41) is 8.55. The second-order valence-electron chi connectivity index (χ2n) is 9.80. The molecule has 1 saturated heterocycles. The van der Waals surface area contributed by atoms with Crippen LogP contribution in [0.25, 0.3) is 0 Å². The van der Waals surface area contributed by atoms with Crippen LogP contribution >= 0.6 is 11.8 Å². The van der Waals surface area contributed by atoms with Gasteiger partial charge in [0.1, 0.15) is 11.6 Å². The summed E-state index contributed by atoms with van der Waals surface area (Å²) in [6, 6.07) is 7.08. The number of nitrogens with zero attached hydrogens (tertiary/aromatic N) is 2. The molecule has 8 nitrogen and oxygen atoms in total. The maximum Gasteiger partial charge on any atom is 0.345 e. The van der Waals surface area contributed by atoms with E-state index in [1.165, 1.54) is 21.6 Å². The molecule has 12 heteroatoms. The zero-order valence-corrected chi connectivity index (χ0v) is 22.7. The Kier molecular flexibility index (Phi) is 10.3. The fourth-order valence-electron chi connectivity index (χ4n) is 4.18. The molecule has 0 radical (unpaired) electrons.